The van der Waals surface area contributed by atoms with E-state index in [1.54, 1.807) is 30.3 Å². The van der Waals surface area contributed by atoms with Gasteiger partial charge < -0.3 is 14.3 Å². The molecule has 2 heterocycles. The van der Waals surface area contributed by atoms with Gasteiger partial charge in [-0.25, -0.2) is 9.78 Å². The SMILES string of the molecule is O=C(Nc1ccnc(N(c2ccc(-c3ccccc3)cc2)S(=O)[O-])c1)c1cccc2ccc(=O)oc12. The highest BCUT2D eigenvalue weighted by Crippen LogP contribution is 2.30. The van der Waals surface area contributed by atoms with Crippen molar-refractivity contribution in [3.05, 3.63) is 119 Å². The van der Waals surface area contributed by atoms with Crippen molar-refractivity contribution in [2.24, 2.45) is 0 Å². The highest BCUT2D eigenvalue weighted by molar-refractivity contribution is 7.81. The summed E-state index contributed by atoms with van der Waals surface area (Å²) in [6, 6.07) is 27.5. The molecule has 3 aromatic carbocycles. The van der Waals surface area contributed by atoms with E-state index in [9.17, 15) is 18.4 Å². The lowest BCUT2D eigenvalue weighted by Gasteiger charge is -2.26. The zero-order valence-corrected chi connectivity index (χ0v) is 19.5. The molecule has 0 fully saturated rings. The van der Waals surface area contributed by atoms with Crippen LogP contribution in [-0.4, -0.2) is 19.7 Å². The molecular weight excluding hydrogens is 478 g/mol. The number of benzene rings is 3. The molecule has 1 unspecified atom stereocenters. The lowest BCUT2D eigenvalue weighted by atomic mass is 10.1. The van der Waals surface area contributed by atoms with Crippen LogP contribution in [0.1, 0.15) is 10.4 Å². The number of fused-ring (bicyclic) bond motifs is 1. The molecule has 8 nitrogen and oxygen atoms in total. The van der Waals surface area contributed by atoms with Gasteiger partial charge in [0.1, 0.15) is 5.82 Å². The van der Waals surface area contributed by atoms with Crippen molar-refractivity contribution in [2.45, 2.75) is 0 Å². The molecule has 0 saturated heterocycles. The summed E-state index contributed by atoms with van der Waals surface area (Å²) in [6.07, 6.45) is 1.40. The molecule has 5 aromatic rings. The van der Waals surface area contributed by atoms with Crippen LogP contribution in [-0.2, 0) is 11.3 Å². The van der Waals surface area contributed by atoms with Crippen molar-refractivity contribution in [2.75, 3.05) is 9.62 Å². The lowest BCUT2D eigenvalue weighted by molar-refractivity contribution is 0.102. The van der Waals surface area contributed by atoms with Crippen LogP contribution < -0.4 is 15.2 Å². The van der Waals surface area contributed by atoms with Crippen LogP contribution >= 0.6 is 0 Å². The van der Waals surface area contributed by atoms with E-state index < -0.39 is 22.8 Å². The van der Waals surface area contributed by atoms with Gasteiger partial charge in [-0.2, -0.15) is 0 Å². The summed E-state index contributed by atoms with van der Waals surface area (Å²) in [4.78, 5) is 28.8. The number of aromatic nitrogens is 1. The summed E-state index contributed by atoms with van der Waals surface area (Å²) >= 11 is -2.68. The van der Waals surface area contributed by atoms with Crippen LogP contribution in [0.3, 0.4) is 0 Å². The van der Waals surface area contributed by atoms with E-state index in [1.165, 1.54) is 30.5 Å². The number of pyridine rings is 1. The minimum atomic E-state index is -2.68. The van der Waals surface area contributed by atoms with Crippen molar-refractivity contribution in [1.82, 2.24) is 4.98 Å². The van der Waals surface area contributed by atoms with E-state index in [-0.39, 0.29) is 17.0 Å². The molecule has 178 valence electrons. The maximum absolute atomic E-state index is 13.0. The van der Waals surface area contributed by atoms with Gasteiger partial charge in [0.2, 0.25) is 0 Å². The molecule has 1 amide bonds. The fourth-order valence-corrected chi connectivity index (χ4v) is 4.34. The average Bonchev–Trinajstić information content (AvgIpc) is 2.89. The van der Waals surface area contributed by atoms with Crippen LogP contribution in [0.5, 0.6) is 0 Å². The predicted molar refractivity (Wildman–Crippen MR) is 138 cm³/mol. The maximum atomic E-state index is 13.0. The van der Waals surface area contributed by atoms with E-state index in [2.05, 4.69) is 10.3 Å². The molecule has 0 aliphatic heterocycles. The Morgan fingerprint density at radius 3 is 2.39 bits per heavy atom. The van der Waals surface area contributed by atoms with Crippen molar-refractivity contribution in [1.29, 1.82) is 0 Å². The summed E-state index contributed by atoms with van der Waals surface area (Å²) in [6.45, 7) is 0. The highest BCUT2D eigenvalue weighted by atomic mass is 32.2. The van der Waals surface area contributed by atoms with E-state index in [1.807, 2.05) is 42.5 Å². The van der Waals surface area contributed by atoms with Gasteiger partial charge in [-0.3, -0.25) is 13.3 Å². The first-order valence-corrected chi connectivity index (χ1v) is 11.9. The van der Waals surface area contributed by atoms with Gasteiger partial charge in [-0.1, -0.05) is 54.6 Å². The summed E-state index contributed by atoms with van der Waals surface area (Å²) < 4.78 is 30.5. The van der Waals surface area contributed by atoms with E-state index >= 15 is 0 Å². The van der Waals surface area contributed by atoms with E-state index in [0.717, 1.165) is 15.4 Å². The zero-order chi connectivity index (χ0) is 25.1. The Balaban J connectivity index is 1.43. The topological polar surface area (TPSA) is 116 Å². The second-order valence-corrected chi connectivity index (χ2v) is 8.56. The predicted octanol–water partition coefficient (Wildman–Crippen LogP) is 5.04. The fourth-order valence-electron chi connectivity index (χ4n) is 3.79. The molecule has 0 radical (unpaired) electrons. The first kappa shape index (κ1) is 23.2. The minimum absolute atomic E-state index is 0.0954. The molecule has 0 saturated carbocycles. The van der Waals surface area contributed by atoms with E-state index in [4.69, 9.17) is 4.42 Å². The Kier molecular flexibility index (Phi) is 6.40. The molecule has 36 heavy (non-hydrogen) atoms. The first-order valence-electron chi connectivity index (χ1n) is 10.8. The van der Waals surface area contributed by atoms with Gasteiger partial charge in [0.15, 0.2) is 5.58 Å². The van der Waals surface area contributed by atoms with Crippen LogP contribution in [0.2, 0.25) is 0 Å². The van der Waals surface area contributed by atoms with Crippen LogP contribution in [0.25, 0.3) is 22.1 Å². The summed E-state index contributed by atoms with van der Waals surface area (Å²) in [5.41, 5.74) is 2.41. The Bertz CT molecular complexity index is 1640. The number of hydrogen-bond acceptors (Lipinski definition) is 6. The molecule has 0 bridgehead atoms. The first-order chi connectivity index (χ1) is 17.5. The molecule has 5 rings (SSSR count). The third kappa shape index (κ3) is 4.78. The van der Waals surface area contributed by atoms with Gasteiger partial charge in [0.05, 0.1) is 22.5 Å². The molecule has 2 aromatic heterocycles. The largest absolute Gasteiger partial charge is 0.755 e. The molecule has 1 N–H and O–H groups in total. The fraction of sp³-hybridized carbons (Fsp3) is 0. The Morgan fingerprint density at radius 1 is 0.889 bits per heavy atom. The highest BCUT2D eigenvalue weighted by Gasteiger charge is 2.16. The second kappa shape index (κ2) is 9.95. The van der Waals surface area contributed by atoms with Crippen LogP contribution in [0, 0.1) is 0 Å². The van der Waals surface area contributed by atoms with Gasteiger partial charge in [0, 0.05) is 29.4 Å². The number of amides is 1. The molecule has 0 spiro atoms. The Hall–Kier alpha value is -4.60. The minimum Gasteiger partial charge on any atom is -0.755 e. The molecule has 1 atom stereocenters. The number of carbonyl (C=O) groups excluding carboxylic acids is 1. The van der Waals surface area contributed by atoms with Crippen LogP contribution in [0.15, 0.2) is 112 Å². The number of carbonyl (C=O) groups is 1. The van der Waals surface area contributed by atoms with Gasteiger partial charge in [0.25, 0.3) is 5.91 Å². The van der Waals surface area contributed by atoms with Gasteiger partial charge in [-0.15, -0.1) is 0 Å². The summed E-state index contributed by atoms with van der Waals surface area (Å²) in [5, 5.41) is 3.32. The smallest absolute Gasteiger partial charge is 0.336 e. The number of nitrogens with zero attached hydrogens (tertiary/aromatic N) is 2. The molecular formula is C27H18N3O5S-. The monoisotopic (exact) mass is 496 g/mol. The van der Waals surface area contributed by atoms with Crippen molar-refractivity contribution >= 4 is 45.3 Å². The zero-order valence-electron chi connectivity index (χ0n) is 18.7. The third-order valence-electron chi connectivity index (χ3n) is 5.46. The van der Waals surface area contributed by atoms with Crippen molar-refractivity contribution in [3.8, 4) is 11.1 Å². The quantitative estimate of drug-likeness (QED) is 0.260. The third-order valence-corrected chi connectivity index (χ3v) is 6.16. The Labute approximate surface area is 208 Å². The lowest BCUT2D eigenvalue weighted by Crippen LogP contribution is -2.21. The number of anilines is 3. The number of nitrogens with one attached hydrogen (secondary N) is 1. The summed E-state index contributed by atoms with van der Waals surface area (Å²) in [7, 11) is 0. The molecule has 9 heteroatoms. The maximum Gasteiger partial charge on any atom is 0.336 e. The number of rotatable bonds is 6. The van der Waals surface area contributed by atoms with E-state index in [0.29, 0.717) is 16.8 Å². The second-order valence-electron chi connectivity index (χ2n) is 7.76. The number of para-hydroxylation sites is 1. The molecule has 0 aliphatic carbocycles. The number of hydrogen-bond donors (Lipinski definition) is 1. The van der Waals surface area contributed by atoms with Crippen molar-refractivity contribution in [3.63, 3.8) is 0 Å². The van der Waals surface area contributed by atoms with Crippen molar-refractivity contribution < 1.29 is 18.0 Å². The van der Waals surface area contributed by atoms with Crippen LogP contribution in [0.4, 0.5) is 17.2 Å². The Morgan fingerprint density at radius 2 is 1.64 bits per heavy atom. The van der Waals surface area contributed by atoms with Gasteiger partial charge >= 0.3 is 5.63 Å². The standard InChI is InChI=1S/C27H19N3O5S/c31-25-14-11-20-7-4-8-23(26(20)35-25)27(32)29-21-15-16-28-24(17-21)30(36(33)34)22-12-9-19(10-13-22)18-5-2-1-3-6-18/h1-17H,(H,33,34)(H,28,29,32)/p-1. The molecule has 0 aliphatic rings. The average molecular weight is 497 g/mol. The summed E-state index contributed by atoms with van der Waals surface area (Å²) in [5.74, 6) is -0.424. The van der Waals surface area contributed by atoms with Gasteiger partial charge in [-0.05, 0) is 41.5 Å². The normalized spacial score (nSPS) is 11.7.